The Morgan fingerprint density at radius 1 is 1.24 bits per heavy atom. The quantitative estimate of drug-likeness (QED) is 0.782. The number of aromatic nitrogens is 2. The molecule has 0 fully saturated rings. The summed E-state index contributed by atoms with van der Waals surface area (Å²) in [6, 6.07) is 8.00. The molecule has 0 saturated carbocycles. The molecule has 1 aromatic carbocycles. The van der Waals surface area contributed by atoms with E-state index in [9.17, 15) is 5.11 Å². The molecule has 2 heterocycles. The molecule has 21 heavy (non-hydrogen) atoms. The van der Waals surface area contributed by atoms with Gasteiger partial charge >= 0.3 is 0 Å². The van der Waals surface area contributed by atoms with Gasteiger partial charge in [-0.1, -0.05) is 12.1 Å². The van der Waals surface area contributed by atoms with Crippen LogP contribution in [-0.4, -0.2) is 39.0 Å². The number of hydrogen-bond donors (Lipinski definition) is 3. The molecule has 0 spiro atoms. The Hall–Kier alpha value is -1.85. The molecule has 0 aliphatic carbocycles. The number of nitrogens with zero attached hydrogens (tertiary/aromatic N) is 2. The first-order valence-electron chi connectivity index (χ1n) is 7.45. The van der Waals surface area contributed by atoms with Crippen LogP contribution >= 0.6 is 0 Å². The van der Waals surface area contributed by atoms with Gasteiger partial charge in [0.1, 0.15) is 5.82 Å². The fraction of sp³-hybridized carbons (Fsp3) is 0.438. The minimum Gasteiger partial charge on any atom is -0.394 e. The maximum Gasteiger partial charge on any atom is 0.109 e. The molecule has 0 bridgehead atoms. The number of aryl methyl sites for hydroxylation is 2. The lowest BCUT2D eigenvalue weighted by Crippen LogP contribution is -2.22. The van der Waals surface area contributed by atoms with Crippen LogP contribution in [0, 0.1) is 0 Å². The Kier molecular flexibility index (Phi) is 4.22. The zero-order chi connectivity index (χ0) is 14.7. The van der Waals surface area contributed by atoms with Crippen LogP contribution in [0.4, 0.5) is 5.69 Å². The molecule has 1 unspecified atom stereocenters. The van der Waals surface area contributed by atoms with Crippen molar-refractivity contribution in [1.29, 1.82) is 0 Å². The van der Waals surface area contributed by atoms with Gasteiger partial charge in [0, 0.05) is 37.0 Å². The van der Waals surface area contributed by atoms with Crippen LogP contribution in [-0.2, 0) is 13.0 Å². The molecule has 3 rings (SSSR count). The lowest BCUT2D eigenvalue weighted by Gasteiger charge is -2.11. The Bertz CT molecular complexity index is 569. The largest absolute Gasteiger partial charge is 0.394 e. The molecular formula is C16H21N3O2. The summed E-state index contributed by atoms with van der Waals surface area (Å²) < 4.78 is 2.25. The van der Waals surface area contributed by atoms with E-state index >= 15 is 0 Å². The second-order valence-corrected chi connectivity index (χ2v) is 5.49. The fourth-order valence-corrected chi connectivity index (χ4v) is 2.61. The third-order valence-electron chi connectivity index (χ3n) is 3.84. The number of aliphatic hydroxyl groups is 2. The standard InChI is InChI=1S/C16H21N3O2/c20-11-14(21)9-17-13-6-4-12(5-7-13)15-10-19-8-2-1-3-16(19)18-15/h4-7,10,14,17,20-21H,1-3,8-9,11H2. The Morgan fingerprint density at radius 2 is 2.05 bits per heavy atom. The van der Waals surface area contributed by atoms with Crippen LogP contribution in [0.1, 0.15) is 18.7 Å². The number of aliphatic hydroxyl groups excluding tert-OH is 2. The van der Waals surface area contributed by atoms with Crippen LogP contribution in [0.2, 0.25) is 0 Å². The van der Waals surface area contributed by atoms with Crippen LogP contribution in [0.5, 0.6) is 0 Å². The van der Waals surface area contributed by atoms with E-state index in [4.69, 9.17) is 10.1 Å². The van der Waals surface area contributed by atoms with Gasteiger partial charge in [0.05, 0.1) is 18.4 Å². The van der Waals surface area contributed by atoms with E-state index in [0.29, 0.717) is 6.54 Å². The highest BCUT2D eigenvalue weighted by Crippen LogP contribution is 2.23. The summed E-state index contributed by atoms with van der Waals surface area (Å²) >= 11 is 0. The molecule has 2 aromatic rings. The summed E-state index contributed by atoms with van der Waals surface area (Å²) in [6.07, 6.45) is 4.93. The highest BCUT2D eigenvalue weighted by molar-refractivity contribution is 5.62. The van der Waals surface area contributed by atoms with Crippen molar-refractivity contribution in [1.82, 2.24) is 9.55 Å². The monoisotopic (exact) mass is 287 g/mol. The number of hydrogen-bond acceptors (Lipinski definition) is 4. The number of benzene rings is 1. The van der Waals surface area contributed by atoms with E-state index in [-0.39, 0.29) is 6.61 Å². The van der Waals surface area contributed by atoms with Crippen molar-refractivity contribution in [2.45, 2.75) is 31.9 Å². The molecule has 112 valence electrons. The lowest BCUT2D eigenvalue weighted by atomic mass is 10.1. The number of nitrogens with one attached hydrogen (secondary N) is 1. The summed E-state index contributed by atoms with van der Waals surface area (Å²) in [5.74, 6) is 1.18. The van der Waals surface area contributed by atoms with Crippen molar-refractivity contribution in [2.75, 3.05) is 18.5 Å². The maximum absolute atomic E-state index is 9.32. The zero-order valence-electron chi connectivity index (χ0n) is 12.0. The molecule has 1 atom stereocenters. The van der Waals surface area contributed by atoms with Gasteiger partial charge in [0.15, 0.2) is 0 Å². The first-order valence-corrected chi connectivity index (χ1v) is 7.45. The highest BCUT2D eigenvalue weighted by Gasteiger charge is 2.13. The molecule has 0 radical (unpaired) electrons. The molecular weight excluding hydrogens is 266 g/mol. The average molecular weight is 287 g/mol. The van der Waals surface area contributed by atoms with E-state index in [1.54, 1.807) is 0 Å². The van der Waals surface area contributed by atoms with Gasteiger partial charge in [0.2, 0.25) is 0 Å². The summed E-state index contributed by atoms with van der Waals surface area (Å²) in [4.78, 5) is 4.71. The van der Waals surface area contributed by atoms with Crippen molar-refractivity contribution >= 4 is 5.69 Å². The molecule has 0 amide bonds. The molecule has 5 heteroatoms. The number of rotatable bonds is 5. The van der Waals surface area contributed by atoms with Gasteiger partial charge in [-0.15, -0.1) is 0 Å². The van der Waals surface area contributed by atoms with Crippen molar-refractivity contribution in [2.24, 2.45) is 0 Å². The van der Waals surface area contributed by atoms with Crippen LogP contribution in [0.15, 0.2) is 30.5 Å². The summed E-state index contributed by atoms with van der Waals surface area (Å²) in [7, 11) is 0. The van der Waals surface area contributed by atoms with Crippen molar-refractivity contribution < 1.29 is 10.2 Å². The lowest BCUT2D eigenvalue weighted by molar-refractivity contribution is 0.105. The third-order valence-corrected chi connectivity index (χ3v) is 3.84. The molecule has 1 aliphatic heterocycles. The third kappa shape index (κ3) is 3.25. The summed E-state index contributed by atoms with van der Waals surface area (Å²) in [6.45, 7) is 1.18. The minimum absolute atomic E-state index is 0.231. The van der Waals surface area contributed by atoms with Gasteiger partial charge in [-0.25, -0.2) is 4.98 Å². The molecule has 0 saturated heterocycles. The average Bonchev–Trinajstić information content (AvgIpc) is 2.97. The maximum atomic E-state index is 9.32. The number of fused-ring (bicyclic) bond motifs is 1. The predicted octanol–water partition coefficient (Wildman–Crippen LogP) is 1.65. The highest BCUT2D eigenvalue weighted by atomic mass is 16.3. The Morgan fingerprint density at radius 3 is 2.76 bits per heavy atom. The second-order valence-electron chi connectivity index (χ2n) is 5.49. The molecule has 1 aromatic heterocycles. The van der Waals surface area contributed by atoms with E-state index < -0.39 is 6.10 Å². The normalized spacial score (nSPS) is 15.5. The summed E-state index contributed by atoms with van der Waals surface area (Å²) in [5.41, 5.74) is 3.05. The Labute approximate surface area is 124 Å². The number of imidazole rings is 1. The number of anilines is 1. The molecule has 3 N–H and O–H groups in total. The fourth-order valence-electron chi connectivity index (χ4n) is 2.61. The van der Waals surface area contributed by atoms with Crippen molar-refractivity contribution in [3.8, 4) is 11.3 Å². The van der Waals surface area contributed by atoms with Gasteiger partial charge in [-0.3, -0.25) is 0 Å². The Balaban J connectivity index is 1.70. The first kappa shape index (κ1) is 14.1. The minimum atomic E-state index is -0.732. The first-order chi connectivity index (χ1) is 10.3. The van der Waals surface area contributed by atoms with Crippen molar-refractivity contribution in [3.05, 3.63) is 36.3 Å². The van der Waals surface area contributed by atoms with E-state index in [1.165, 1.54) is 18.7 Å². The zero-order valence-corrected chi connectivity index (χ0v) is 12.0. The van der Waals surface area contributed by atoms with Gasteiger partial charge < -0.3 is 20.1 Å². The van der Waals surface area contributed by atoms with E-state index in [1.807, 2.05) is 24.3 Å². The second kappa shape index (κ2) is 6.28. The van der Waals surface area contributed by atoms with Crippen LogP contribution in [0.25, 0.3) is 11.3 Å². The topological polar surface area (TPSA) is 70.3 Å². The SMILES string of the molecule is OCC(O)CNc1ccc(-c2cn3c(n2)CCCC3)cc1. The molecule has 1 aliphatic rings. The summed E-state index contributed by atoms with van der Waals surface area (Å²) in [5, 5.41) is 21.2. The van der Waals surface area contributed by atoms with Crippen molar-refractivity contribution in [3.63, 3.8) is 0 Å². The van der Waals surface area contributed by atoms with E-state index in [2.05, 4.69) is 16.1 Å². The smallest absolute Gasteiger partial charge is 0.109 e. The van der Waals surface area contributed by atoms with Gasteiger partial charge in [0.25, 0.3) is 0 Å². The van der Waals surface area contributed by atoms with Crippen LogP contribution in [0.3, 0.4) is 0 Å². The van der Waals surface area contributed by atoms with Crippen LogP contribution < -0.4 is 5.32 Å². The predicted molar refractivity (Wildman–Crippen MR) is 82.2 cm³/mol. The van der Waals surface area contributed by atoms with E-state index in [0.717, 1.165) is 29.9 Å². The molecule has 5 nitrogen and oxygen atoms in total. The van der Waals surface area contributed by atoms with Gasteiger partial charge in [-0.05, 0) is 25.0 Å². The van der Waals surface area contributed by atoms with Gasteiger partial charge in [-0.2, -0.15) is 0 Å².